The second kappa shape index (κ2) is 4.81. The van der Waals surface area contributed by atoms with Crippen LogP contribution in [0, 0.1) is 5.92 Å². The van der Waals surface area contributed by atoms with Crippen molar-refractivity contribution in [2.45, 2.75) is 44.6 Å². The summed E-state index contributed by atoms with van der Waals surface area (Å²) in [4.78, 5) is 15.9. The third-order valence-electron chi connectivity index (χ3n) is 3.90. The number of carbonyl (C=O) groups excluding carboxylic acids is 1. The molecule has 3 heteroatoms. The molecule has 0 radical (unpaired) electrons. The lowest BCUT2D eigenvalue weighted by molar-refractivity contribution is -0.138. The van der Waals surface area contributed by atoms with Crippen molar-refractivity contribution in [1.29, 1.82) is 0 Å². The molecule has 2 aliphatic rings. The molecule has 1 heterocycles. The SMILES string of the molecule is O=C(C1CCC1)N(CCc1cccs1)C1CC1. The van der Waals surface area contributed by atoms with Crippen molar-refractivity contribution < 1.29 is 4.79 Å². The van der Waals surface area contributed by atoms with E-state index in [0.29, 0.717) is 17.9 Å². The fourth-order valence-corrected chi connectivity index (χ4v) is 3.13. The van der Waals surface area contributed by atoms with Crippen LogP contribution in [0.1, 0.15) is 37.0 Å². The lowest BCUT2D eigenvalue weighted by Crippen LogP contribution is -2.41. The highest BCUT2D eigenvalue weighted by molar-refractivity contribution is 7.09. The molecule has 1 aromatic rings. The van der Waals surface area contributed by atoms with Gasteiger partial charge in [-0.3, -0.25) is 4.79 Å². The van der Waals surface area contributed by atoms with Crippen molar-refractivity contribution in [3.8, 4) is 0 Å². The smallest absolute Gasteiger partial charge is 0.225 e. The van der Waals surface area contributed by atoms with E-state index >= 15 is 0 Å². The zero-order chi connectivity index (χ0) is 11.7. The first kappa shape index (κ1) is 11.3. The van der Waals surface area contributed by atoms with Crippen LogP contribution in [0.15, 0.2) is 17.5 Å². The van der Waals surface area contributed by atoms with Gasteiger partial charge in [0.25, 0.3) is 0 Å². The molecule has 0 aliphatic heterocycles. The summed E-state index contributed by atoms with van der Waals surface area (Å²) >= 11 is 1.80. The Kier molecular flexibility index (Phi) is 3.19. The molecule has 0 atom stereocenters. The fourth-order valence-electron chi connectivity index (χ4n) is 2.43. The number of rotatable bonds is 5. The Morgan fingerprint density at radius 3 is 2.71 bits per heavy atom. The van der Waals surface area contributed by atoms with Gasteiger partial charge in [0.15, 0.2) is 0 Å². The largest absolute Gasteiger partial charge is 0.339 e. The molecule has 1 amide bonds. The molecule has 0 saturated heterocycles. The zero-order valence-electron chi connectivity index (χ0n) is 10.1. The summed E-state index contributed by atoms with van der Waals surface area (Å²) in [5, 5.41) is 2.12. The van der Waals surface area contributed by atoms with Gasteiger partial charge in [-0.05, 0) is 43.6 Å². The number of amides is 1. The quantitative estimate of drug-likeness (QED) is 0.785. The van der Waals surface area contributed by atoms with E-state index in [1.54, 1.807) is 11.3 Å². The number of nitrogens with zero attached hydrogens (tertiary/aromatic N) is 1. The van der Waals surface area contributed by atoms with Crippen molar-refractivity contribution >= 4 is 17.2 Å². The second-order valence-electron chi connectivity index (χ2n) is 5.22. The third-order valence-corrected chi connectivity index (χ3v) is 4.84. The molecular formula is C14H19NOS. The minimum absolute atomic E-state index is 0.360. The topological polar surface area (TPSA) is 20.3 Å². The van der Waals surface area contributed by atoms with Crippen molar-refractivity contribution in [1.82, 2.24) is 4.90 Å². The average molecular weight is 249 g/mol. The lowest BCUT2D eigenvalue weighted by atomic mass is 9.84. The van der Waals surface area contributed by atoms with Crippen molar-refractivity contribution in [2.75, 3.05) is 6.54 Å². The van der Waals surface area contributed by atoms with Crippen LogP contribution in [0.2, 0.25) is 0 Å². The normalized spacial score (nSPS) is 20.0. The highest BCUT2D eigenvalue weighted by Gasteiger charge is 2.37. The first-order chi connectivity index (χ1) is 8.34. The molecule has 0 unspecified atom stereocenters. The van der Waals surface area contributed by atoms with E-state index < -0.39 is 0 Å². The first-order valence-electron chi connectivity index (χ1n) is 6.67. The Labute approximate surface area is 107 Å². The molecule has 0 spiro atoms. The monoisotopic (exact) mass is 249 g/mol. The summed E-state index contributed by atoms with van der Waals surface area (Å²) in [6.45, 7) is 0.931. The predicted molar refractivity (Wildman–Crippen MR) is 70.1 cm³/mol. The van der Waals surface area contributed by atoms with E-state index in [1.165, 1.54) is 24.1 Å². The maximum absolute atomic E-state index is 12.3. The van der Waals surface area contributed by atoms with Gasteiger partial charge < -0.3 is 4.90 Å². The van der Waals surface area contributed by atoms with E-state index in [1.807, 2.05) is 0 Å². The van der Waals surface area contributed by atoms with Crippen LogP contribution < -0.4 is 0 Å². The second-order valence-corrected chi connectivity index (χ2v) is 6.25. The van der Waals surface area contributed by atoms with Gasteiger partial charge in [-0.25, -0.2) is 0 Å². The maximum Gasteiger partial charge on any atom is 0.225 e. The molecule has 3 rings (SSSR count). The first-order valence-corrected chi connectivity index (χ1v) is 7.55. The number of hydrogen-bond acceptors (Lipinski definition) is 2. The molecule has 92 valence electrons. The minimum Gasteiger partial charge on any atom is -0.339 e. The van der Waals surface area contributed by atoms with Gasteiger partial charge in [0.2, 0.25) is 5.91 Å². The minimum atomic E-state index is 0.360. The molecule has 2 aliphatic carbocycles. The predicted octanol–water partition coefficient (Wildman–Crippen LogP) is 3.08. The van der Waals surface area contributed by atoms with Gasteiger partial charge in [0, 0.05) is 23.4 Å². The standard InChI is InChI=1S/C14H19NOS/c16-14(11-3-1-4-11)15(12-6-7-12)9-8-13-5-2-10-17-13/h2,5,10-12H,1,3-4,6-9H2. The molecule has 0 N–H and O–H groups in total. The van der Waals surface area contributed by atoms with Gasteiger partial charge >= 0.3 is 0 Å². The molecule has 17 heavy (non-hydrogen) atoms. The molecule has 2 fully saturated rings. The molecule has 0 aromatic carbocycles. The van der Waals surface area contributed by atoms with Crippen molar-refractivity contribution in [3.63, 3.8) is 0 Å². The van der Waals surface area contributed by atoms with Crippen LogP contribution in [0.4, 0.5) is 0 Å². The average Bonchev–Trinajstić information content (AvgIpc) is 2.92. The Bertz CT molecular complexity index is 379. The molecular weight excluding hydrogens is 230 g/mol. The van der Waals surface area contributed by atoms with E-state index in [2.05, 4.69) is 22.4 Å². The van der Waals surface area contributed by atoms with Gasteiger partial charge in [0.05, 0.1) is 0 Å². The lowest BCUT2D eigenvalue weighted by Gasteiger charge is -2.31. The molecule has 2 nitrogen and oxygen atoms in total. The maximum atomic E-state index is 12.3. The number of hydrogen-bond donors (Lipinski definition) is 0. The van der Waals surface area contributed by atoms with E-state index in [4.69, 9.17) is 0 Å². The van der Waals surface area contributed by atoms with Gasteiger partial charge in [-0.15, -0.1) is 11.3 Å². The van der Waals surface area contributed by atoms with Gasteiger partial charge in [-0.1, -0.05) is 12.5 Å². The summed E-state index contributed by atoms with van der Waals surface area (Å²) in [6, 6.07) is 4.83. The zero-order valence-corrected chi connectivity index (χ0v) is 10.9. The number of carbonyl (C=O) groups is 1. The summed E-state index contributed by atoms with van der Waals surface area (Å²) in [5.74, 6) is 0.800. The Hall–Kier alpha value is -0.830. The summed E-state index contributed by atoms with van der Waals surface area (Å²) < 4.78 is 0. The number of thiophene rings is 1. The summed E-state index contributed by atoms with van der Waals surface area (Å²) in [7, 11) is 0. The van der Waals surface area contributed by atoms with Crippen LogP contribution >= 0.6 is 11.3 Å². The van der Waals surface area contributed by atoms with Crippen molar-refractivity contribution in [3.05, 3.63) is 22.4 Å². The van der Waals surface area contributed by atoms with Gasteiger partial charge in [0.1, 0.15) is 0 Å². The van der Waals surface area contributed by atoms with E-state index in [0.717, 1.165) is 25.8 Å². The summed E-state index contributed by atoms with van der Waals surface area (Å²) in [5.41, 5.74) is 0. The van der Waals surface area contributed by atoms with Crippen molar-refractivity contribution in [2.24, 2.45) is 5.92 Å². The summed E-state index contributed by atoms with van der Waals surface area (Å²) in [6.07, 6.45) is 6.99. The van der Waals surface area contributed by atoms with Crippen LogP contribution in [-0.4, -0.2) is 23.4 Å². The van der Waals surface area contributed by atoms with E-state index in [9.17, 15) is 4.79 Å². The Morgan fingerprint density at radius 1 is 1.35 bits per heavy atom. The molecule has 0 bridgehead atoms. The third kappa shape index (κ3) is 2.54. The van der Waals surface area contributed by atoms with Crippen LogP contribution in [0.25, 0.3) is 0 Å². The van der Waals surface area contributed by atoms with Gasteiger partial charge in [-0.2, -0.15) is 0 Å². The highest BCUT2D eigenvalue weighted by atomic mass is 32.1. The Morgan fingerprint density at radius 2 is 2.18 bits per heavy atom. The van der Waals surface area contributed by atoms with Crippen LogP contribution in [0.3, 0.4) is 0 Å². The highest BCUT2D eigenvalue weighted by Crippen LogP contribution is 2.34. The molecule has 2 saturated carbocycles. The fraction of sp³-hybridized carbons (Fsp3) is 0.643. The van der Waals surface area contributed by atoms with Crippen LogP contribution in [0.5, 0.6) is 0 Å². The Balaban J connectivity index is 1.57. The van der Waals surface area contributed by atoms with E-state index in [-0.39, 0.29) is 0 Å². The molecule has 1 aromatic heterocycles. The van der Waals surface area contributed by atoms with Crippen LogP contribution in [-0.2, 0) is 11.2 Å².